The molecule has 42 heavy (non-hydrogen) atoms. The Hall–Kier alpha value is -4.68. The van der Waals surface area contributed by atoms with Crippen molar-refractivity contribution in [3.05, 3.63) is 92.8 Å². The van der Waals surface area contributed by atoms with Gasteiger partial charge < -0.3 is 20.1 Å². The highest BCUT2D eigenvalue weighted by atomic mass is 19.1. The molecule has 2 aromatic carbocycles. The Morgan fingerprint density at radius 2 is 1.83 bits per heavy atom. The molecule has 5 aromatic rings. The van der Waals surface area contributed by atoms with Crippen molar-refractivity contribution in [2.24, 2.45) is 7.05 Å². The third kappa shape index (κ3) is 5.46. The molecule has 218 valence electrons. The molecule has 3 aromatic heterocycles. The van der Waals surface area contributed by atoms with Gasteiger partial charge in [-0.1, -0.05) is 32.9 Å². The van der Waals surface area contributed by atoms with Gasteiger partial charge in [0, 0.05) is 36.0 Å². The molecule has 3 N–H and O–H groups in total. The predicted molar refractivity (Wildman–Crippen MR) is 158 cm³/mol. The van der Waals surface area contributed by atoms with Crippen LogP contribution in [0, 0.1) is 5.82 Å². The maximum absolute atomic E-state index is 15.3. The number of aryl methyl sites for hydroxylation is 1. The first-order valence-corrected chi connectivity index (χ1v) is 13.4. The van der Waals surface area contributed by atoms with E-state index in [1.165, 1.54) is 33.9 Å². The number of aromatic nitrogens is 6. The Balaban J connectivity index is 1.60. The Morgan fingerprint density at radius 3 is 2.52 bits per heavy atom. The highest BCUT2D eigenvalue weighted by molar-refractivity contribution is 5.83. The Morgan fingerprint density at radius 1 is 1.07 bits per heavy atom. The SMILES string of the molecule is CC(O)Cn1cc(Nc2nc(-c3cccc(-n4ncc5cc(C(C)(C)C)cc(F)c5c4=O)c3CO)cn(C)c2=O)cn1. The summed E-state index contributed by atoms with van der Waals surface area (Å²) in [5, 5.41) is 31.8. The summed E-state index contributed by atoms with van der Waals surface area (Å²) in [7, 11) is 1.57. The molecule has 0 fully saturated rings. The van der Waals surface area contributed by atoms with Gasteiger partial charge in [-0.15, -0.1) is 0 Å². The summed E-state index contributed by atoms with van der Waals surface area (Å²) in [6.45, 7) is 7.32. The van der Waals surface area contributed by atoms with Gasteiger partial charge in [-0.25, -0.2) is 9.37 Å². The van der Waals surface area contributed by atoms with E-state index in [9.17, 15) is 19.8 Å². The molecule has 5 rings (SSSR count). The number of hydrogen-bond acceptors (Lipinski definition) is 8. The highest BCUT2D eigenvalue weighted by Gasteiger charge is 2.21. The number of anilines is 2. The Kier molecular flexibility index (Phi) is 7.52. The van der Waals surface area contributed by atoms with Gasteiger partial charge in [0.15, 0.2) is 5.82 Å². The highest BCUT2D eigenvalue weighted by Crippen LogP contribution is 2.29. The van der Waals surface area contributed by atoms with Crippen LogP contribution in [0.5, 0.6) is 0 Å². The van der Waals surface area contributed by atoms with Crippen LogP contribution in [0.3, 0.4) is 0 Å². The molecule has 0 aliphatic carbocycles. The van der Waals surface area contributed by atoms with Crippen LogP contribution in [0.15, 0.2) is 64.7 Å². The molecule has 11 nitrogen and oxygen atoms in total. The average molecular weight is 574 g/mol. The summed E-state index contributed by atoms with van der Waals surface area (Å²) in [5.41, 5.74) is 1.22. The zero-order valence-electron chi connectivity index (χ0n) is 24.0. The van der Waals surface area contributed by atoms with Crippen LogP contribution >= 0.6 is 0 Å². The quantitative estimate of drug-likeness (QED) is 0.269. The lowest BCUT2D eigenvalue weighted by Gasteiger charge is -2.20. The van der Waals surface area contributed by atoms with Gasteiger partial charge in [0.25, 0.3) is 11.1 Å². The second kappa shape index (κ2) is 11.0. The molecular formula is C30H32FN7O4. The molecule has 0 bridgehead atoms. The van der Waals surface area contributed by atoms with Crippen LogP contribution in [-0.2, 0) is 25.6 Å². The van der Waals surface area contributed by atoms with Crippen molar-refractivity contribution in [1.29, 1.82) is 0 Å². The van der Waals surface area contributed by atoms with E-state index in [2.05, 4.69) is 20.5 Å². The van der Waals surface area contributed by atoms with E-state index in [1.54, 1.807) is 44.4 Å². The molecule has 0 saturated heterocycles. The fourth-order valence-electron chi connectivity index (χ4n) is 4.77. The fraction of sp³-hybridized carbons (Fsp3) is 0.300. The molecular weight excluding hydrogens is 541 g/mol. The van der Waals surface area contributed by atoms with Gasteiger partial charge in [0.2, 0.25) is 0 Å². The first-order valence-electron chi connectivity index (χ1n) is 13.4. The van der Waals surface area contributed by atoms with Crippen molar-refractivity contribution in [2.75, 3.05) is 5.32 Å². The number of rotatable bonds is 7. The second-order valence-corrected chi connectivity index (χ2v) is 11.3. The van der Waals surface area contributed by atoms with Crippen LogP contribution in [0.25, 0.3) is 27.7 Å². The summed E-state index contributed by atoms with van der Waals surface area (Å²) in [5.74, 6) is -0.633. The van der Waals surface area contributed by atoms with Crippen LogP contribution in [0.1, 0.15) is 38.8 Å². The number of fused-ring (bicyclic) bond motifs is 1. The van der Waals surface area contributed by atoms with E-state index >= 15 is 4.39 Å². The molecule has 0 spiro atoms. The van der Waals surface area contributed by atoms with E-state index in [1.807, 2.05) is 20.8 Å². The van der Waals surface area contributed by atoms with Crippen LogP contribution in [-0.4, -0.2) is 45.4 Å². The van der Waals surface area contributed by atoms with Crippen molar-refractivity contribution in [1.82, 2.24) is 29.1 Å². The minimum atomic E-state index is -0.665. The molecule has 3 heterocycles. The number of aliphatic hydroxyl groups excluding tert-OH is 2. The van der Waals surface area contributed by atoms with Gasteiger partial charge in [-0.3, -0.25) is 14.3 Å². The Bertz CT molecular complexity index is 1920. The van der Waals surface area contributed by atoms with Crippen molar-refractivity contribution in [2.45, 2.75) is 52.4 Å². The van der Waals surface area contributed by atoms with Crippen LogP contribution in [0.4, 0.5) is 15.9 Å². The Labute approximate surface area is 240 Å². The third-order valence-corrected chi connectivity index (χ3v) is 6.94. The van der Waals surface area contributed by atoms with E-state index in [4.69, 9.17) is 0 Å². The van der Waals surface area contributed by atoms with Gasteiger partial charge in [0.1, 0.15) is 5.82 Å². The molecule has 12 heteroatoms. The zero-order chi connectivity index (χ0) is 30.3. The van der Waals surface area contributed by atoms with E-state index < -0.39 is 29.6 Å². The lowest BCUT2D eigenvalue weighted by Crippen LogP contribution is -2.24. The summed E-state index contributed by atoms with van der Waals surface area (Å²) >= 11 is 0. The first kappa shape index (κ1) is 28.8. The molecule has 0 aliphatic heterocycles. The number of benzene rings is 2. The molecule has 0 saturated carbocycles. The van der Waals surface area contributed by atoms with Crippen molar-refractivity contribution >= 4 is 22.3 Å². The zero-order valence-corrected chi connectivity index (χ0v) is 24.0. The first-order chi connectivity index (χ1) is 19.9. The summed E-state index contributed by atoms with van der Waals surface area (Å²) in [4.78, 5) is 31.0. The molecule has 0 aliphatic rings. The van der Waals surface area contributed by atoms with E-state index in [0.717, 1.165) is 10.2 Å². The largest absolute Gasteiger partial charge is 0.392 e. The third-order valence-electron chi connectivity index (χ3n) is 6.94. The standard InChI is InChI=1S/C30H32FN7O4/c1-17(40)13-37-14-20(12-32-37)34-27-29(42)36(5)15-24(35-27)21-7-6-8-25(22(21)16-39)38-28(41)26-18(11-33-38)9-19(10-23(26)31)30(2,3)4/h6-12,14-15,17,39-40H,13,16H2,1-5H3,(H,34,35). The molecule has 0 radical (unpaired) electrons. The van der Waals surface area contributed by atoms with Gasteiger partial charge in [-0.2, -0.15) is 14.9 Å². The minimum Gasteiger partial charge on any atom is -0.392 e. The minimum absolute atomic E-state index is 0.0126. The number of nitrogens with one attached hydrogen (secondary N) is 1. The summed E-state index contributed by atoms with van der Waals surface area (Å²) in [6, 6.07) is 8.11. The number of aliphatic hydroxyl groups is 2. The van der Waals surface area contributed by atoms with Crippen molar-refractivity contribution in [3.63, 3.8) is 0 Å². The maximum atomic E-state index is 15.3. The molecule has 1 unspecified atom stereocenters. The van der Waals surface area contributed by atoms with Crippen molar-refractivity contribution in [3.8, 4) is 16.9 Å². The normalized spacial score (nSPS) is 12.6. The monoisotopic (exact) mass is 573 g/mol. The lowest BCUT2D eigenvalue weighted by atomic mass is 9.86. The smallest absolute Gasteiger partial charge is 0.293 e. The van der Waals surface area contributed by atoms with Crippen LogP contribution in [0.2, 0.25) is 0 Å². The van der Waals surface area contributed by atoms with Gasteiger partial charge >= 0.3 is 0 Å². The topological polar surface area (TPSA) is 140 Å². The summed E-state index contributed by atoms with van der Waals surface area (Å²) in [6.07, 6.45) is 5.51. The fourth-order valence-corrected chi connectivity index (χ4v) is 4.77. The maximum Gasteiger partial charge on any atom is 0.293 e. The number of hydrogen-bond donors (Lipinski definition) is 3. The van der Waals surface area contributed by atoms with E-state index in [0.29, 0.717) is 27.9 Å². The van der Waals surface area contributed by atoms with Gasteiger partial charge in [-0.05, 0) is 36.1 Å². The lowest BCUT2D eigenvalue weighted by molar-refractivity contribution is 0.168. The van der Waals surface area contributed by atoms with E-state index in [-0.39, 0.29) is 28.9 Å². The molecule has 0 amide bonds. The summed E-state index contributed by atoms with van der Waals surface area (Å²) < 4.78 is 19.2. The van der Waals surface area contributed by atoms with Gasteiger partial charge in [0.05, 0.1) is 54.1 Å². The number of nitrogens with zero attached hydrogens (tertiary/aromatic N) is 6. The second-order valence-electron chi connectivity index (χ2n) is 11.3. The van der Waals surface area contributed by atoms with Crippen LogP contribution < -0.4 is 16.4 Å². The van der Waals surface area contributed by atoms with Crippen molar-refractivity contribution < 1.29 is 14.6 Å². The number of halogens is 1. The predicted octanol–water partition coefficient (Wildman–Crippen LogP) is 3.40. The molecule has 1 atom stereocenters. The average Bonchev–Trinajstić information content (AvgIpc) is 3.36.